The van der Waals surface area contributed by atoms with Crippen molar-refractivity contribution in [3.8, 4) is 17.2 Å². The standard InChI is InChI=1S/C18H17NO6/c20-17-11-25-16-7-6-14(10-15(16)19-17)24-12-18(21)23-9-8-22-13-4-2-1-3-5-13/h1-7,10H,8-9,11-12H2,(H,19,20). The van der Waals surface area contributed by atoms with Crippen molar-refractivity contribution in [2.45, 2.75) is 0 Å². The van der Waals surface area contributed by atoms with Gasteiger partial charge in [0.05, 0.1) is 5.69 Å². The van der Waals surface area contributed by atoms with Gasteiger partial charge in [-0.2, -0.15) is 0 Å². The zero-order chi connectivity index (χ0) is 17.5. The van der Waals surface area contributed by atoms with Crippen LogP contribution in [0.2, 0.25) is 0 Å². The van der Waals surface area contributed by atoms with Crippen molar-refractivity contribution < 1.29 is 28.5 Å². The van der Waals surface area contributed by atoms with Crippen LogP contribution >= 0.6 is 0 Å². The van der Waals surface area contributed by atoms with Crippen LogP contribution in [-0.2, 0) is 14.3 Å². The van der Waals surface area contributed by atoms with Gasteiger partial charge in [0, 0.05) is 6.07 Å². The van der Waals surface area contributed by atoms with E-state index in [4.69, 9.17) is 18.9 Å². The van der Waals surface area contributed by atoms with Crippen LogP contribution in [0, 0.1) is 0 Å². The first-order valence-corrected chi connectivity index (χ1v) is 7.74. The van der Waals surface area contributed by atoms with Crippen molar-refractivity contribution in [2.24, 2.45) is 0 Å². The Hall–Kier alpha value is -3.22. The average Bonchev–Trinajstić information content (AvgIpc) is 2.64. The molecule has 0 aromatic heterocycles. The summed E-state index contributed by atoms with van der Waals surface area (Å²) in [6.45, 7) is 0.145. The number of benzene rings is 2. The first-order chi connectivity index (χ1) is 12.2. The van der Waals surface area contributed by atoms with E-state index in [1.54, 1.807) is 18.2 Å². The zero-order valence-corrected chi connectivity index (χ0v) is 13.4. The van der Waals surface area contributed by atoms with Crippen molar-refractivity contribution in [1.82, 2.24) is 0 Å². The summed E-state index contributed by atoms with van der Waals surface area (Å²) in [7, 11) is 0. The lowest BCUT2D eigenvalue weighted by Gasteiger charge is -2.18. The van der Waals surface area contributed by atoms with Crippen molar-refractivity contribution in [1.29, 1.82) is 0 Å². The predicted molar refractivity (Wildman–Crippen MR) is 89.0 cm³/mol. The van der Waals surface area contributed by atoms with E-state index in [9.17, 15) is 9.59 Å². The molecule has 0 saturated heterocycles. The van der Waals surface area contributed by atoms with Gasteiger partial charge < -0.3 is 24.3 Å². The van der Waals surface area contributed by atoms with Gasteiger partial charge in [-0.1, -0.05) is 18.2 Å². The fraction of sp³-hybridized carbons (Fsp3) is 0.222. The second kappa shape index (κ2) is 8.05. The predicted octanol–water partition coefficient (Wildman–Crippen LogP) is 2.02. The van der Waals surface area contributed by atoms with Crippen LogP contribution in [0.25, 0.3) is 0 Å². The van der Waals surface area contributed by atoms with Crippen LogP contribution in [-0.4, -0.2) is 38.3 Å². The Kier molecular flexibility index (Phi) is 5.36. The summed E-state index contributed by atoms with van der Waals surface area (Å²) in [6, 6.07) is 14.2. The highest BCUT2D eigenvalue weighted by Gasteiger charge is 2.16. The SMILES string of the molecule is O=C1COc2ccc(OCC(=O)OCCOc3ccccc3)cc2N1. The molecule has 7 nitrogen and oxygen atoms in total. The summed E-state index contributed by atoms with van der Waals surface area (Å²) in [4.78, 5) is 23.0. The molecule has 0 saturated carbocycles. The number of amides is 1. The normalized spacial score (nSPS) is 12.4. The highest BCUT2D eigenvalue weighted by atomic mass is 16.6. The van der Waals surface area contributed by atoms with E-state index in [0.717, 1.165) is 0 Å². The number of nitrogens with one attached hydrogen (secondary N) is 1. The maximum Gasteiger partial charge on any atom is 0.344 e. The summed E-state index contributed by atoms with van der Waals surface area (Å²) < 4.78 is 21.1. The molecule has 0 fully saturated rings. The molecule has 1 aliphatic rings. The van der Waals surface area contributed by atoms with E-state index in [2.05, 4.69) is 5.32 Å². The fourth-order valence-corrected chi connectivity index (χ4v) is 2.17. The molecule has 0 radical (unpaired) electrons. The van der Waals surface area contributed by atoms with Gasteiger partial charge in [0.25, 0.3) is 5.91 Å². The molecule has 2 aromatic carbocycles. The van der Waals surface area contributed by atoms with E-state index in [0.29, 0.717) is 22.9 Å². The summed E-state index contributed by atoms with van der Waals surface area (Å²) >= 11 is 0. The molecule has 2 aromatic rings. The summed E-state index contributed by atoms with van der Waals surface area (Å²) in [6.07, 6.45) is 0. The molecule has 0 atom stereocenters. The molecule has 0 aliphatic carbocycles. The molecule has 130 valence electrons. The maximum absolute atomic E-state index is 11.7. The van der Waals surface area contributed by atoms with Crippen LogP contribution < -0.4 is 19.5 Å². The largest absolute Gasteiger partial charge is 0.490 e. The number of anilines is 1. The number of esters is 1. The molecule has 0 bridgehead atoms. The van der Waals surface area contributed by atoms with E-state index < -0.39 is 5.97 Å². The minimum Gasteiger partial charge on any atom is -0.490 e. The highest BCUT2D eigenvalue weighted by molar-refractivity contribution is 5.95. The van der Waals surface area contributed by atoms with Gasteiger partial charge in [-0.15, -0.1) is 0 Å². The maximum atomic E-state index is 11.7. The number of rotatable bonds is 7. The molecular weight excluding hydrogens is 326 g/mol. The number of carbonyl (C=O) groups is 2. The van der Waals surface area contributed by atoms with Gasteiger partial charge in [-0.05, 0) is 24.3 Å². The van der Waals surface area contributed by atoms with Gasteiger partial charge in [0.15, 0.2) is 13.2 Å². The minimum atomic E-state index is -0.505. The number of hydrogen-bond acceptors (Lipinski definition) is 6. The Bertz CT molecular complexity index is 746. The first-order valence-electron chi connectivity index (χ1n) is 7.74. The molecule has 1 amide bonds. The van der Waals surface area contributed by atoms with Crippen molar-refractivity contribution in [2.75, 3.05) is 31.7 Å². The molecule has 1 aliphatic heterocycles. The number of ether oxygens (including phenoxy) is 4. The third kappa shape index (κ3) is 4.87. The Morgan fingerprint density at radius 1 is 1.04 bits per heavy atom. The van der Waals surface area contributed by atoms with Crippen LogP contribution in [0.1, 0.15) is 0 Å². The van der Waals surface area contributed by atoms with Gasteiger partial charge >= 0.3 is 5.97 Å². The molecule has 0 unspecified atom stereocenters. The van der Waals surface area contributed by atoms with Gasteiger partial charge in [-0.25, -0.2) is 4.79 Å². The minimum absolute atomic E-state index is 0.00934. The van der Waals surface area contributed by atoms with E-state index in [1.165, 1.54) is 0 Å². The second-order valence-corrected chi connectivity index (χ2v) is 5.17. The van der Waals surface area contributed by atoms with E-state index in [1.807, 2.05) is 30.3 Å². The zero-order valence-electron chi connectivity index (χ0n) is 13.4. The van der Waals surface area contributed by atoms with Gasteiger partial charge in [0.1, 0.15) is 30.5 Å². The van der Waals surface area contributed by atoms with Gasteiger partial charge in [-0.3, -0.25) is 4.79 Å². The third-order valence-corrected chi connectivity index (χ3v) is 3.30. The van der Waals surface area contributed by atoms with E-state index in [-0.39, 0.29) is 32.3 Å². The number of fused-ring (bicyclic) bond motifs is 1. The number of para-hydroxylation sites is 1. The lowest BCUT2D eigenvalue weighted by molar-refractivity contribution is -0.146. The molecule has 1 heterocycles. The lowest BCUT2D eigenvalue weighted by Crippen LogP contribution is -2.25. The monoisotopic (exact) mass is 343 g/mol. The lowest BCUT2D eigenvalue weighted by atomic mass is 10.2. The fourth-order valence-electron chi connectivity index (χ4n) is 2.17. The first kappa shape index (κ1) is 16.6. The summed E-state index contributed by atoms with van der Waals surface area (Å²) in [5.74, 6) is 0.972. The smallest absolute Gasteiger partial charge is 0.344 e. The summed E-state index contributed by atoms with van der Waals surface area (Å²) in [5.41, 5.74) is 0.512. The van der Waals surface area contributed by atoms with E-state index >= 15 is 0 Å². The number of carbonyl (C=O) groups excluding carboxylic acids is 2. The van der Waals surface area contributed by atoms with Crippen molar-refractivity contribution in [3.05, 3.63) is 48.5 Å². The summed E-state index contributed by atoms with van der Waals surface area (Å²) in [5, 5.41) is 2.67. The van der Waals surface area contributed by atoms with Crippen LogP contribution in [0.5, 0.6) is 17.2 Å². The topological polar surface area (TPSA) is 83.1 Å². The Labute approximate surface area is 144 Å². The second-order valence-electron chi connectivity index (χ2n) is 5.17. The molecule has 25 heavy (non-hydrogen) atoms. The molecule has 1 N–H and O–H groups in total. The quantitative estimate of drug-likeness (QED) is 0.612. The molecule has 7 heteroatoms. The molecule has 0 spiro atoms. The number of hydrogen-bond donors (Lipinski definition) is 1. The average molecular weight is 343 g/mol. The Morgan fingerprint density at radius 3 is 2.72 bits per heavy atom. The Morgan fingerprint density at radius 2 is 1.88 bits per heavy atom. The molecule has 3 rings (SSSR count). The highest BCUT2D eigenvalue weighted by Crippen LogP contribution is 2.31. The van der Waals surface area contributed by atoms with Crippen molar-refractivity contribution >= 4 is 17.6 Å². The molecular formula is C18H17NO6. The van der Waals surface area contributed by atoms with Crippen LogP contribution in [0.4, 0.5) is 5.69 Å². The third-order valence-electron chi connectivity index (χ3n) is 3.30. The van der Waals surface area contributed by atoms with Crippen LogP contribution in [0.15, 0.2) is 48.5 Å². The van der Waals surface area contributed by atoms with Crippen molar-refractivity contribution in [3.63, 3.8) is 0 Å². The van der Waals surface area contributed by atoms with Gasteiger partial charge in [0.2, 0.25) is 0 Å². The van der Waals surface area contributed by atoms with Crippen LogP contribution in [0.3, 0.4) is 0 Å². The Balaban J connectivity index is 1.39.